The Morgan fingerprint density at radius 3 is 2.15 bits per heavy atom. The summed E-state index contributed by atoms with van der Waals surface area (Å²) < 4.78 is 29.7. The molecule has 156 valence electrons. The lowest BCUT2D eigenvalue weighted by Crippen LogP contribution is -2.19. The van der Waals surface area contributed by atoms with Gasteiger partial charge in [-0.25, -0.2) is 13.6 Å². The number of unbranched alkanes of at least 4 members (excludes halogenated alkanes) is 7. The van der Waals surface area contributed by atoms with Crippen LogP contribution in [0.5, 0.6) is 5.75 Å². The lowest BCUT2D eigenvalue weighted by atomic mass is 9.80. The van der Waals surface area contributed by atoms with Crippen molar-refractivity contribution in [3.8, 4) is 5.75 Å². The summed E-state index contributed by atoms with van der Waals surface area (Å²) in [5.41, 5.74) is 1.08. The average Bonchev–Trinajstić information content (AvgIpc) is 2.60. The van der Waals surface area contributed by atoms with E-state index >= 15 is 0 Å². The summed E-state index contributed by atoms with van der Waals surface area (Å²) in [5, 5.41) is 5.39. The van der Waals surface area contributed by atoms with Crippen molar-refractivity contribution in [2.45, 2.75) is 102 Å². The van der Waals surface area contributed by atoms with Crippen LogP contribution in [0.4, 0.5) is 0 Å². The van der Waals surface area contributed by atoms with Crippen LogP contribution in [0.2, 0.25) is 0 Å². The summed E-state index contributed by atoms with van der Waals surface area (Å²) in [6, 6.07) is 5.36. The average molecular weight is 398 g/mol. The maximum Gasteiger partial charge on any atom is 0.241 e. The summed E-state index contributed by atoms with van der Waals surface area (Å²) >= 11 is 0. The molecule has 0 fully saturated rings. The van der Waals surface area contributed by atoms with Crippen molar-refractivity contribution in [1.29, 1.82) is 0 Å². The standard InChI is InChI=1S/C22H39NO3S/c1-5-7-9-10-11-13-17-26-20-18-19(14-15-21(20)27(23,24)25)22(3,4)16-12-8-6-2/h14-15,18H,5-13,16-17H2,1-4H3,(H2,23,24,25). The third-order valence-corrected chi connectivity index (χ3v) is 6.14. The zero-order chi connectivity index (χ0) is 20.3. The number of hydrogen-bond acceptors (Lipinski definition) is 3. The SMILES string of the molecule is CCCCCCCCOc1cc(C(C)(C)CCCCC)ccc1S(N)(=O)=O. The van der Waals surface area contributed by atoms with Crippen molar-refractivity contribution in [1.82, 2.24) is 0 Å². The predicted molar refractivity (Wildman–Crippen MR) is 114 cm³/mol. The van der Waals surface area contributed by atoms with Gasteiger partial charge in [0.25, 0.3) is 0 Å². The van der Waals surface area contributed by atoms with Gasteiger partial charge >= 0.3 is 0 Å². The van der Waals surface area contributed by atoms with Gasteiger partial charge in [0.1, 0.15) is 10.6 Å². The second kappa shape index (κ2) is 11.7. The minimum absolute atomic E-state index is 0.0235. The van der Waals surface area contributed by atoms with Crippen LogP contribution in [0, 0.1) is 0 Å². The molecule has 0 spiro atoms. The fourth-order valence-electron chi connectivity index (χ4n) is 3.30. The van der Waals surface area contributed by atoms with Crippen molar-refractivity contribution in [2.75, 3.05) is 6.61 Å². The van der Waals surface area contributed by atoms with Crippen LogP contribution in [0.3, 0.4) is 0 Å². The Hall–Kier alpha value is -1.07. The largest absolute Gasteiger partial charge is 0.492 e. The highest BCUT2D eigenvalue weighted by Gasteiger charge is 2.24. The van der Waals surface area contributed by atoms with E-state index in [9.17, 15) is 8.42 Å². The summed E-state index contributed by atoms with van der Waals surface area (Å²) in [6.07, 6.45) is 11.6. The molecular formula is C22H39NO3S. The molecule has 1 rings (SSSR count). The molecular weight excluding hydrogens is 358 g/mol. The van der Waals surface area contributed by atoms with E-state index in [1.165, 1.54) is 38.5 Å². The van der Waals surface area contributed by atoms with Crippen LogP contribution in [0.1, 0.15) is 97.5 Å². The quantitative estimate of drug-likeness (QED) is 0.395. The first-order chi connectivity index (χ1) is 12.7. The smallest absolute Gasteiger partial charge is 0.241 e. The molecule has 5 heteroatoms. The molecule has 0 aliphatic carbocycles. The van der Waals surface area contributed by atoms with Crippen molar-refractivity contribution in [3.05, 3.63) is 23.8 Å². The topological polar surface area (TPSA) is 69.4 Å². The Bertz CT molecular complexity index is 654. The van der Waals surface area contributed by atoms with E-state index in [0.717, 1.165) is 31.2 Å². The van der Waals surface area contributed by atoms with Crippen molar-refractivity contribution in [3.63, 3.8) is 0 Å². The zero-order valence-corrected chi connectivity index (χ0v) is 18.5. The fraction of sp³-hybridized carbons (Fsp3) is 0.727. The van der Waals surface area contributed by atoms with Gasteiger partial charge in [0.2, 0.25) is 10.0 Å². The normalized spacial score (nSPS) is 12.3. The van der Waals surface area contributed by atoms with Gasteiger partial charge in [0, 0.05) is 0 Å². The van der Waals surface area contributed by atoms with Crippen LogP contribution in [0.25, 0.3) is 0 Å². The first kappa shape index (κ1) is 24.0. The summed E-state index contributed by atoms with van der Waals surface area (Å²) in [4.78, 5) is 0.0848. The highest BCUT2D eigenvalue weighted by atomic mass is 32.2. The molecule has 4 nitrogen and oxygen atoms in total. The molecule has 0 bridgehead atoms. The molecule has 0 aliphatic rings. The molecule has 0 atom stereocenters. The molecule has 27 heavy (non-hydrogen) atoms. The highest BCUT2D eigenvalue weighted by Crippen LogP contribution is 2.34. The third kappa shape index (κ3) is 8.65. The first-order valence-corrected chi connectivity index (χ1v) is 12.1. The minimum atomic E-state index is -3.80. The second-order valence-corrected chi connectivity index (χ2v) is 9.69. The molecule has 0 heterocycles. The van der Waals surface area contributed by atoms with E-state index in [-0.39, 0.29) is 10.3 Å². The lowest BCUT2D eigenvalue weighted by molar-refractivity contribution is 0.295. The van der Waals surface area contributed by atoms with E-state index in [1.54, 1.807) is 6.07 Å². The number of ether oxygens (including phenoxy) is 1. The van der Waals surface area contributed by atoms with Crippen LogP contribution in [-0.4, -0.2) is 15.0 Å². The van der Waals surface area contributed by atoms with Gasteiger partial charge in [0.15, 0.2) is 0 Å². The number of nitrogens with two attached hydrogens (primary N) is 1. The third-order valence-electron chi connectivity index (χ3n) is 5.19. The monoisotopic (exact) mass is 397 g/mol. The van der Waals surface area contributed by atoms with E-state index in [1.807, 2.05) is 12.1 Å². The Balaban J connectivity index is 2.82. The molecule has 2 N–H and O–H groups in total. The van der Waals surface area contributed by atoms with Crippen LogP contribution >= 0.6 is 0 Å². The molecule has 1 aromatic rings. The van der Waals surface area contributed by atoms with Crippen LogP contribution in [-0.2, 0) is 15.4 Å². The molecule has 1 aromatic carbocycles. The zero-order valence-electron chi connectivity index (χ0n) is 17.7. The molecule has 0 saturated heterocycles. The number of primary sulfonamides is 1. The van der Waals surface area contributed by atoms with Gasteiger partial charge < -0.3 is 4.74 Å². The van der Waals surface area contributed by atoms with Crippen molar-refractivity contribution in [2.24, 2.45) is 5.14 Å². The molecule has 0 amide bonds. The van der Waals surface area contributed by atoms with Gasteiger partial charge in [-0.15, -0.1) is 0 Å². The number of rotatable bonds is 14. The van der Waals surface area contributed by atoms with Gasteiger partial charge in [-0.05, 0) is 36.0 Å². The van der Waals surface area contributed by atoms with E-state index in [2.05, 4.69) is 27.7 Å². The Morgan fingerprint density at radius 1 is 0.926 bits per heavy atom. The number of sulfonamides is 1. The Kier molecular flexibility index (Phi) is 10.4. The second-order valence-electron chi connectivity index (χ2n) is 8.16. The summed E-state index contributed by atoms with van der Waals surface area (Å²) in [6.45, 7) is 9.32. The molecule has 0 aliphatic heterocycles. The summed E-state index contributed by atoms with van der Waals surface area (Å²) in [7, 11) is -3.80. The first-order valence-electron chi connectivity index (χ1n) is 10.5. The van der Waals surface area contributed by atoms with Crippen LogP contribution < -0.4 is 9.88 Å². The number of benzene rings is 1. The molecule has 0 aromatic heterocycles. The maximum absolute atomic E-state index is 11.9. The Labute approximate surface area is 166 Å². The fourth-order valence-corrected chi connectivity index (χ4v) is 3.96. The van der Waals surface area contributed by atoms with E-state index in [0.29, 0.717) is 12.4 Å². The van der Waals surface area contributed by atoms with Gasteiger partial charge in [-0.3, -0.25) is 0 Å². The van der Waals surface area contributed by atoms with Gasteiger partial charge in [-0.1, -0.05) is 85.1 Å². The minimum Gasteiger partial charge on any atom is -0.492 e. The van der Waals surface area contributed by atoms with E-state index < -0.39 is 10.0 Å². The predicted octanol–water partition coefficient (Wildman–Crippen LogP) is 5.93. The van der Waals surface area contributed by atoms with Crippen molar-refractivity contribution >= 4 is 10.0 Å². The molecule has 0 radical (unpaired) electrons. The van der Waals surface area contributed by atoms with Gasteiger partial charge in [-0.2, -0.15) is 0 Å². The lowest BCUT2D eigenvalue weighted by Gasteiger charge is -2.26. The molecule has 0 saturated carbocycles. The Morgan fingerprint density at radius 2 is 1.52 bits per heavy atom. The summed E-state index contributed by atoms with van der Waals surface area (Å²) in [5.74, 6) is 0.395. The van der Waals surface area contributed by atoms with Crippen molar-refractivity contribution < 1.29 is 13.2 Å². The maximum atomic E-state index is 11.9. The highest BCUT2D eigenvalue weighted by molar-refractivity contribution is 7.89. The molecule has 0 unspecified atom stereocenters. The van der Waals surface area contributed by atoms with Gasteiger partial charge in [0.05, 0.1) is 6.61 Å². The number of hydrogen-bond donors (Lipinski definition) is 1. The van der Waals surface area contributed by atoms with E-state index in [4.69, 9.17) is 9.88 Å². The van der Waals surface area contributed by atoms with Crippen LogP contribution in [0.15, 0.2) is 23.1 Å².